The molecule has 0 saturated carbocycles. The highest BCUT2D eigenvalue weighted by atomic mass is 15.3. The van der Waals surface area contributed by atoms with E-state index < -0.39 is 0 Å². The van der Waals surface area contributed by atoms with E-state index in [0.29, 0.717) is 0 Å². The summed E-state index contributed by atoms with van der Waals surface area (Å²) in [6.07, 6.45) is 5.39. The summed E-state index contributed by atoms with van der Waals surface area (Å²) in [6, 6.07) is 21.1. The fourth-order valence-electron chi connectivity index (χ4n) is 3.73. The SMILES string of the molecule is Cc1cccc(Nc2ccnc(N3CCC(Cc4ccccc4)CC3)n2)c1. The van der Waals surface area contributed by atoms with E-state index >= 15 is 0 Å². The van der Waals surface area contributed by atoms with Crippen LogP contribution in [0, 0.1) is 12.8 Å². The molecule has 0 unspecified atom stereocenters. The summed E-state index contributed by atoms with van der Waals surface area (Å²) >= 11 is 0. The van der Waals surface area contributed by atoms with Crippen molar-refractivity contribution >= 4 is 17.5 Å². The molecule has 27 heavy (non-hydrogen) atoms. The minimum atomic E-state index is 0.747. The smallest absolute Gasteiger partial charge is 0.227 e. The van der Waals surface area contributed by atoms with Crippen molar-refractivity contribution in [3.05, 3.63) is 78.0 Å². The van der Waals surface area contributed by atoms with Gasteiger partial charge in [-0.2, -0.15) is 4.98 Å². The van der Waals surface area contributed by atoms with Gasteiger partial charge >= 0.3 is 0 Å². The molecular formula is C23H26N4. The van der Waals surface area contributed by atoms with Gasteiger partial charge in [0, 0.05) is 25.0 Å². The Morgan fingerprint density at radius 2 is 1.81 bits per heavy atom. The van der Waals surface area contributed by atoms with Crippen molar-refractivity contribution < 1.29 is 0 Å². The van der Waals surface area contributed by atoms with Gasteiger partial charge in [0.25, 0.3) is 0 Å². The zero-order chi connectivity index (χ0) is 18.5. The highest BCUT2D eigenvalue weighted by Gasteiger charge is 2.21. The summed E-state index contributed by atoms with van der Waals surface area (Å²) in [5.41, 5.74) is 3.73. The van der Waals surface area contributed by atoms with Crippen LogP contribution in [-0.4, -0.2) is 23.1 Å². The van der Waals surface area contributed by atoms with Crippen molar-refractivity contribution in [1.82, 2.24) is 9.97 Å². The minimum absolute atomic E-state index is 0.747. The Morgan fingerprint density at radius 3 is 2.59 bits per heavy atom. The number of rotatable bonds is 5. The van der Waals surface area contributed by atoms with Crippen LogP contribution >= 0.6 is 0 Å². The summed E-state index contributed by atoms with van der Waals surface area (Å²) in [5.74, 6) is 2.42. The summed E-state index contributed by atoms with van der Waals surface area (Å²) < 4.78 is 0. The summed E-state index contributed by atoms with van der Waals surface area (Å²) in [5, 5.41) is 3.39. The topological polar surface area (TPSA) is 41.1 Å². The Balaban J connectivity index is 1.37. The number of nitrogens with zero attached hydrogens (tertiary/aromatic N) is 3. The third kappa shape index (κ3) is 4.64. The van der Waals surface area contributed by atoms with Crippen LogP contribution < -0.4 is 10.2 Å². The molecule has 1 aliphatic rings. The monoisotopic (exact) mass is 358 g/mol. The number of aryl methyl sites for hydroxylation is 1. The summed E-state index contributed by atoms with van der Waals surface area (Å²) in [4.78, 5) is 11.5. The van der Waals surface area contributed by atoms with Gasteiger partial charge in [0.05, 0.1) is 0 Å². The van der Waals surface area contributed by atoms with Gasteiger partial charge in [-0.25, -0.2) is 4.98 Å². The molecule has 4 heteroatoms. The second-order valence-corrected chi connectivity index (χ2v) is 7.36. The first-order chi connectivity index (χ1) is 13.3. The second-order valence-electron chi connectivity index (χ2n) is 7.36. The van der Waals surface area contributed by atoms with E-state index in [1.165, 1.54) is 30.4 Å². The van der Waals surface area contributed by atoms with Gasteiger partial charge in [-0.05, 0) is 61.4 Å². The first-order valence-corrected chi connectivity index (χ1v) is 9.72. The Labute approximate surface area is 161 Å². The van der Waals surface area contributed by atoms with Gasteiger partial charge in [-0.3, -0.25) is 0 Å². The molecule has 2 aromatic carbocycles. The van der Waals surface area contributed by atoms with Crippen LogP contribution in [0.4, 0.5) is 17.5 Å². The average molecular weight is 358 g/mol. The third-order valence-electron chi connectivity index (χ3n) is 5.20. The molecule has 4 rings (SSSR count). The number of hydrogen-bond acceptors (Lipinski definition) is 4. The molecule has 1 saturated heterocycles. The number of benzene rings is 2. The van der Waals surface area contributed by atoms with Crippen LogP contribution in [0.3, 0.4) is 0 Å². The van der Waals surface area contributed by atoms with Crippen LogP contribution in [0.1, 0.15) is 24.0 Å². The highest BCUT2D eigenvalue weighted by Crippen LogP contribution is 2.25. The second kappa shape index (κ2) is 8.21. The van der Waals surface area contributed by atoms with E-state index in [2.05, 4.69) is 76.7 Å². The molecule has 1 fully saturated rings. The summed E-state index contributed by atoms with van der Waals surface area (Å²) in [7, 11) is 0. The Bertz CT molecular complexity index is 870. The minimum Gasteiger partial charge on any atom is -0.341 e. The highest BCUT2D eigenvalue weighted by molar-refractivity contribution is 5.57. The van der Waals surface area contributed by atoms with Gasteiger partial charge in [0.15, 0.2) is 0 Å². The van der Waals surface area contributed by atoms with Gasteiger partial charge in [0.1, 0.15) is 5.82 Å². The number of anilines is 3. The quantitative estimate of drug-likeness (QED) is 0.698. The Morgan fingerprint density at radius 1 is 1.00 bits per heavy atom. The molecule has 0 aliphatic carbocycles. The maximum Gasteiger partial charge on any atom is 0.227 e. The van der Waals surface area contributed by atoms with Gasteiger partial charge in [0.2, 0.25) is 5.95 Å². The molecule has 0 amide bonds. The van der Waals surface area contributed by atoms with Crippen molar-refractivity contribution in [3.8, 4) is 0 Å². The maximum absolute atomic E-state index is 4.73. The molecule has 0 atom stereocenters. The molecule has 138 valence electrons. The third-order valence-corrected chi connectivity index (χ3v) is 5.20. The van der Waals surface area contributed by atoms with Crippen molar-refractivity contribution in [3.63, 3.8) is 0 Å². The van der Waals surface area contributed by atoms with Gasteiger partial charge < -0.3 is 10.2 Å². The Kier molecular flexibility index (Phi) is 5.33. The van der Waals surface area contributed by atoms with Crippen molar-refractivity contribution in [2.45, 2.75) is 26.2 Å². The molecular weight excluding hydrogens is 332 g/mol. The lowest BCUT2D eigenvalue weighted by Gasteiger charge is -2.32. The standard InChI is InChI=1S/C23H26N4/c1-18-6-5-9-21(16-18)25-22-10-13-24-23(26-22)27-14-11-20(12-15-27)17-19-7-3-2-4-8-19/h2-10,13,16,20H,11-12,14-15,17H2,1H3,(H,24,25,26). The largest absolute Gasteiger partial charge is 0.341 e. The van der Waals surface area contributed by atoms with Gasteiger partial charge in [-0.15, -0.1) is 0 Å². The van der Waals surface area contributed by atoms with Crippen LogP contribution in [0.5, 0.6) is 0 Å². The number of aromatic nitrogens is 2. The molecule has 0 bridgehead atoms. The van der Waals surface area contributed by atoms with Crippen LogP contribution in [-0.2, 0) is 6.42 Å². The van der Waals surface area contributed by atoms with Crippen molar-refractivity contribution in [2.75, 3.05) is 23.3 Å². The van der Waals surface area contributed by atoms with E-state index in [1.54, 1.807) is 0 Å². The predicted molar refractivity (Wildman–Crippen MR) is 112 cm³/mol. The molecule has 0 spiro atoms. The lowest BCUT2D eigenvalue weighted by atomic mass is 9.90. The summed E-state index contributed by atoms with van der Waals surface area (Å²) in [6.45, 7) is 4.13. The molecule has 0 radical (unpaired) electrons. The zero-order valence-electron chi connectivity index (χ0n) is 15.8. The molecule has 1 aromatic heterocycles. The van der Waals surface area contributed by atoms with Crippen molar-refractivity contribution in [2.24, 2.45) is 5.92 Å². The maximum atomic E-state index is 4.73. The van der Waals surface area contributed by atoms with E-state index in [4.69, 9.17) is 4.98 Å². The fourth-order valence-corrected chi connectivity index (χ4v) is 3.73. The number of hydrogen-bond donors (Lipinski definition) is 1. The van der Waals surface area contributed by atoms with Crippen LogP contribution in [0.25, 0.3) is 0 Å². The fraction of sp³-hybridized carbons (Fsp3) is 0.304. The lowest BCUT2D eigenvalue weighted by molar-refractivity contribution is 0.400. The molecule has 1 N–H and O–H groups in total. The molecule has 2 heterocycles. The van der Waals surface area contributed by atoms with E-state index in [-0.39, 0.29) is 0 Å². The van der Waals surface area contributed by atoms with Crippen LogP contribution in [0.2, 0.25) is 0 Å². The molecule has 3 aromatic rings. The molecule has 4 nitrogen and oxygen atoms in total. The van der Waals surface area contributed by atoms with Gasteiger partial charge in [-0.1, -0.05) is 42.5 Å². The lowest BCUT2D eigenvalue weighted by Crippen LogP contribution is -2.35. The zero-order valence-corrected chi connectivity index (χ0v) is 15.8. The average Bonchev–Trinajstić information content (AvgIpc) is 2.70. The number of piperidine rings is 1. The van der Waals surface area contributed by atoms with E-state index in [1.807, 2.05) is 12.3 Å². The number of nitrogens with one attached hydrogen (secondary N) is 1. The normalized spacial score (nSPS) is 14.9. The van der Waals surface area contributed by atoms with E-state index in [9.17, 15) is 0 Å². The van der Waals surface area contributed by atoms with Crippen LogP contribution in [0.15, 0.2) is 66.9 Å². The Hall–Kier alpha value is -2.88. The first kappa shape index (κ1) is 17.5. The first-order valence-electron chi connectivity index (χ1n) is 9.72. The van der Waals surface area contributed by atoms with Crippen molar-refractivity contribution in [1.29, 1.82) is 0 Å². The predicted octanol–water partition coefficient (Wildman–Crippen LogP) is 4.99. The molecule has 1 aliphatic heterocycles. The van der Waals surface area contributed by atoms with E-state index in [0.717, 1.165) is 36.5 Å².